The minimum absolute atomic E-state index is 0.199. The number of hydrogen-bond donors (Lipinski definition) is 2. The summed E-state index contributed by atoms with van der Waals surface area (Å²) in [6, 6.07) is 0.242. The average Bonchev–Trinajstić information content (AvgIpc) is 2.85. The molecule has 1 fully saturated rings. The third kappa shape index (κ3) is 5.22. The highest BCUT2D eigenvalue weighted by Crippen LogP contribution is 2.20. The Balaban J connectivity index is 2.29. The van der Waals surface area contributed by atoms with Gasteiger partial charge in [0, 0.05) is 19.3 Å². The topological polar surface area (TPSA) is 56.5 Å². The van der Waals surface area contributed by atoms with Crippen molar-refractivity contribution in [1.82, 2.24) is 5.43 Å². The van der Waals surface area contributed by atoms with E-state index in [1.54, 1.807) is 0 Å². The summed E-state index contributed by atoms with van der Waals surface area (Å²) >= 11 is 0. The van der Waals surface area contributed by atoms with Crippen molar-refractivity contribution in [3.63, 3.8) is 0 Å². The minimum Gasteiger partial charge on any atom is -0.378 e. The van der Waals surface area contributed by atoms with E-state index in [0.29, 0.717) is 12.0 Å². The van der Waals surface area contributed by atoms with E-state index in [1.165, 1.54) is 12.8 Å². The first-order valence-electron chi connectivity index (χ1n) is 7.38. The van der Waals surface area contributed by atoms with Gasteiger partial charge in [-0.3, -0.25) is 11.3 Å². The van der Waals surface area contributed by atoms with Gasteiger partial charge < -0.3 is 9.47 Å². The quantitative estimate of drug-likeness (QED) is 0.492. The van der Waals surface area contributed by atoms with Gasteiger partial charge in [0.05, 0.1) is 12.2 Å². The lowest BCUT2D eigenvalue weighted by Gasteiger charge is -2.29. The second kappa shape index (κ2) is 8.86. The molecule has 1 heterocycles. The number of hydrazine groups is 1. The second-order valence-electron chi connectivity index (χ2n) is 5.50. The van der Waals surface area contributed by atoms with Crippen LogP contribution in [0.25, 0.3) is 0 Å². The highest BCUT2D eigenvalue weighted by atomic mass is 16.5. The van der Waals surface area contributed by atoms with Gasteiger partial charge in [-0.05, 0) is 44.9 Å². The molecule has 1 aliphatic heterocycles. The van der Waals surface area contributed by atoms with Crippen LogP contribution in [-0.4, -0.2) is 31.5 Å². The molecule has 4 heteroatoms. The number of ether oxygens (including phenoxy) is 2. The number of nitrogens with one attached hydrogen (secondary N) is 1. The zero-order chi connectivity index (χ0) is 13.4. The zero-order valence-corrected chi connectivity index (χ0v) is 12.2. The Bertz CT molecular complexity index is 206. The van der Waals surface area contributed by atoms with Gasteiger partial charge in [0.25, 0.3) is 0 Å². The molecular formula is C14H30N2O2. The van der Waals surface area contributed by atoms with E-state index in [9.17, 15) is 0 Å². The van der Waals surface area contributed by atoms with Crippen molar-refractivity contribution in [1.29, 1.82) is 0 Å². The highest BCUT2D eigenvalue weighted by molar-refractivity contribution is 4.78. The fourth-order valence-corrected chi connectivity index (χ4v) is 2.75. The molecule has 0 aromatic carbocycles. The van der Waals surface area contributed by atoms with Crippen molar-refractivity contribution in [2.75, 3.05) is 13.2 Å². The Labute approximate surface area is 112 Å². The standard InChI is InChI=1S/C14H30N2O2/c1-4-17-14(11(2)3)13(16-15)9-5-7-12-8-6-10-18-12/h11-14,16H,4-10,15H2,1-3H3. The Morgan fingerprint density at radius 3 is 2.72 bits per heavy atom. The van der Waals surface area contributed by atoms with Crippen molar-refractivity contribution in [2.24, 2.45) is 11.8 Å². The van der Waals surface area contributed by atoms with Crippen LogP contribution < -0.4 is 11.3 Å². The van der Waals surface area contributed by atoms with E-state index in [4.69, 9.17) is 15.3 Å². The molecule has 0 amide bonds. The molecule has 0 spiro atoms. The van der Waals surface area contributed by atoms with Crippen molar-refractivity contribution in [2.45, 2.75) is 71.1 Å². The largest absolute Gasteiger partial charge is 0.378 e. The summed E-state index contributed by atoms with van der Waals surface area (Å²) in [7, 11) is 0. The van der Waals surface area contributed by atoms with E-state index in [-0.39, 0.29) is 12.1 Å². The first-order chi connectivity index (χ1) is 8.69. The number of hydrogen-bond acceptors (Lipinski definition) is 4. The van der Waals surface area contributed by atoms with Crippen LogP contribution in [0.3, 0.4) is 0 Å². The monoisotopic (exact) mass is 258 g/mol. The molecule has 3 unspecified atom stereocenters. The lowest BCUT2D eigenvalue weighted by atomic mass is 9.95. The van der Waals surface area contributed by atoms with Crippen molar-refractivity contribution < 1.29 is 9.47 Å². The summed E-state index contributed by atoms with van der Waals surface area (Å²) in [5, 5.41) is 0. The maximum absolute atomic E-state index is 5.81. The van der Waals surface area contributed by atoms with Crippen molar-refractivity contribution in [3.05, 3.63) is 0 Å². The molecule has 3 atom stereocenters. The third-order valence-electron chi connectivity index (χ3n) is 3.69. The maximum atomic E-state index is 5.81. The van der Waals surface area contributed by atoms with E-state index in [0.717, 1.165) is 32.5 Å². The van der Waals surface area contributed by atoms with Gasteiger partial charge in [-0.15, -0.1) is 0 Å². The Hall–Kier alpha value is -0.160. The molecule has 0 aromatic heterocycles. The smallest absolute Gasteiger partial charge is 0.0764 e. The van der Waals surface area contributed by atoms with Gasteiger partial charge in [-0.2, -0.15) is 0 Å². The summed E-state index contributed by atoms with van der Waals surface area (Å²) in [6.45, 7) is 8.09. The van der Waals surface area contributed by atoms with Crippen molar-refractivity contribution >= 4 is 0 Å². The van der Waals surface area contributed by atoms with Crippen LogP contribution >= 0.6 is 0 Å². The third-order valence-corrected chi connectivity index (χ3v) is 3.69. The number of rotatable bonds is 9. The fourth-order valence-electron chi connectivity index (χ4n) is 2.75. The normalized spacial score (nSPS) is 23.5. The van der Waals surface area contributed by atoms with Crippen LogP contribution in [0.1, 0.15) is 52.9 Å². The van der Waals surface area contributed by atoms with Gasteiger partial charge in [-0.1, -0.05) is 13.8 Å². The molecule has 108 valence electrons. The van der Waals surface area contributed by atoms with Crippen LogP contribution in [-0.2, 0) is 9.47 Å². The van der Waals surface area contributed by atoms with Gasteiger partial charge in [0.2, 0.25) is 0 Å². The summed E-state index contributed by atoms with van der Waals surface area (Å²) in [5.74, 6) is 6.16. The van der Waals surface area contributed by atoms with E-state index in [2.05, 4.69) is 19.3 Å². The van der Waals surface area contributed by atoms with Gasteiger partial charge in [0.1, 0.15) is 0 Å². The average molecular weight is 258 g/mol. The summed E-state index contributed by atoms with van der Waals surface area (Å²) in [4.78, 5) is 0. The SMILES string of the molecule is CCOC(C(C)C)C(CCCC1CCCO1)NN. The Morgan fingerprint density at radius 1 is 1.44 bits per heavy atom. The van der Waals surface area contributed by atoms with Crippen LogP contribution in [0, 0.1) is 5.92 Å². The molecule has 0 radical (unpaired) electrons. The molecule has 0 bridgehead atoms. The molecule has 18 heavy (non-hydrogen) atoms. The van der Waals surface area contributed by atoms with E-state index >= 15 is 0 Å². The molecule has 4 nitrogen and oxygen atoms in total. The molecule has 1 rings (SSSR count). The van der Waals surface area contributed by atoms with Gasteiger partial charge in [-0.25, -0.2) is 0 Å². The Morgan fingerprint density at radius 2 is 2.22 bits per heavy atom. The summed E-state index contributed by atoms with van der Waals surface area (Å²) in [6.07, 6.45) is 6.47. The lowest BCUT2D eigenvalue weighted by Crippen LogP contribution is -2.47. The number of nitrogens with two attached hydrogens (primary N) is 1. The molecule has 3 N–H and O–H groups in total. The first kappa shape index (κ1) is 15.9. The van der Waals surface area contributed by atoms with E-state index < -0.39 is 0 Å². The molecule has 1 aliphatic rings. The minimum atomic E-state index is 0.199. The van der Waals surface area contributed by atoms with Crippen LogP contribution in [0.2, 0.25) is 0 Å². The lowest BCUT2D eigenvalue weighted by molar-refractivity contribution is -0.000175. The summed E-state index contributed by atoms with van der Waals surface area (Å²) in [5.41, 5.74) is 2.93. The van der Waals surface area contributed by atoms with E-state index in [1.807, 2.05) is 6.92 Å². The molecular weight excluding hydrogens is 228 g/mol. The first-order valence-corrected chi connectivity index (χ1v) is 7.38. The van der Waals surface area contributed by atoms with Crippen LogP contribution in [0.5, 0.6) is 0 Å². The molecule has 0 aliphatic carbocycles. The molecule has 0 aromatic rings. The summed E-state index contributed by atoms with van der Waals surface area (Å²) < 4.78 is 11.4. The zero-order valence-electron chi connectivity index (χ0n) is 12.2. The fraction of sp³-hybridized carbons (Fsp3) is 1.00. The second-order valence-corrected chi connectivity index (χ2v) is 5.50. The van der Waals surface area contributed by atoms with Crippen LogP contribution in [0.4, 0.5) is 0 Å². The maximum Gasteiger partial charge on any atom is 0.0764 e. The predicted octanol–water partition coefficient (Wildman–Crippen LogP) is 2.23. The molecule has 0 saturated carbocycles. The Kier molecular flexibility index (Phi) is 7.82. The van der Waals surface area contributed by atoms with Gasteiger partial charge in [0.15, 0.2) is 0 Å². The predicted molar refractivity (Wildman–Crippen MR) is 74.2 cm³/mol. The molecule has 1 saturated heterocycles. The van der Waals surface area contributed by atoms with Gasteiger partial charge >= 0.3 is 0 Å². The van der Waals surface area contributed by atoms with Crippen molar-refractivity contribution in [3.8, 4) is 0 Å². The highest BCUT2D eigenvalue weighted by Gasteiger charge is 2.24. The van der Waals surface area contributed by atoms with Crippen LogP contribution in [0.15, 0.2) is 0 Å².